The third kappa shape index (κ3) is 8.72. The van der Waals surface area contributed by atoms with Gasteiger partial charge < -0.3 is 10.0 Å². The molecule has 3 nitrogen and oxygen atoms in total. The molecule has 0 saturated carbocycles. The molecular formula is C13H27NO2. The maximum Gasteiger partial charge on any atom is 0.222 e. The number of amides is 1. The molecule has 0 atom stereocenters. The molecule has 0 aliphatic heterocycles. The zero-order valence-corrected chi connectivity index (χ0v) is 10.9. The number of carbonyl (C=O) groups excluding carboxylic acids is 1. The predicted molar refractivity (Wildman–Crippen MR) is 67.3 cm³/mol. The second-order valence-corrected chi connectivity index (χ2v) is 4.41. The summed E-state index contributed by atoms with van der Waals surface area (Å²) in [6.07, 6.45) is 8.64. The third-order valence-electron chi connectivity index (χ3n) is 2.82. The maximum atomic E-state index is 11.6. The molecule has 0 spiro atoms. The van der Waals surface area contributed by atoms with Crippen LogP contribution < -0.4 is 0 Å². The lowest BCUT2D eigenvalue weighted by Gasteiger charge is -2.16. The highest BCUT2D eigenvalue weighted by molar-refractivity contribution is 5.75. The van der Waals surface area contributed by atoms with Gasteiger partial charge in [-0.3, -0.25) is 4.79 Å². The Hall–Kier alpha value is -0.570. The summed E-state index contributed by atoms with van der Waals surface area (Å²) in [7, 11) is 1.81. The van der Waals surface area contributed by atoms with Gasteiger partial charge in [-0.2, -0.15) is 0 Å². The summed E-state index contributed by atoms with van der Waals surface area (Å²) in [5.74, 6) is 0.212. The van der Waals surface area contributed by atoms with E-state index >= 15 is 0 Å². The van der Waals surface area contributed by atoms with Crippen molar-refractivity contribution >= 4 is 5.91 Å². The number of unbranched alkanes of at least 4 members (excludes halogenated alkanes) is 5. The second kappa shape index (κ2) is 10.9. The molecule has 0 aromatic heterocycles. The molecule has 0 unspecified atom stereocenters. The summed E-state index contributed by atoms with van der Waals surface area (Å²) >= 11 is 0. The summed E-state index contributed by atoms with van der Waals surface area (Å²) in [5, 5.41) is 8.66. The van der Waals surface area contributed by atoms with Crippen LogP contribution >= 0.6 is 0 Å². The van der Waals surface area contributed by atoms with Gasteiger partial charge in [0.05, 0.1) is 0 Å². The maximum absolute atomic E-state index is 11.6. The van der Waals surface area contributed by atoms with Crippen molar-refractivity contribution in [3.05, 3.63) is 0 Å². The summed E-state index contributed by atoms with van der Waals surface area (Å²) in [6.45, 7) is 3.04. The van der Waals surface area contributed by atoms with Crippen molar-refractivity contribution in [2.45, 2.75) is 58.3 Å². The molecule has 0 heterocycles. The molecule has 1 amide bonds. The fourth-order valence-corrected chi connectivity index (χ4v) is 1.68. The molecule has 0 aromatic carbocycles. The van der Waals surface area contributed by atoms with Crippen LogP contribution in [0.4, 0.5) is 0 Å². The standard InChI is InChI=1S/C13H27NO2/c1-3-4-5-6-7-8-10-13(16)14(2)11-9-12-15/h15H,3-12H2,1-2H3. The number of rotatable bonds is 10. The van der Waals surface area contributed by atoms with Crippen LogP contribution in [0.2, 0.25) is 0 Å². The van der Waals surface area contributed by atoms with Crippen molar-refractivity contribution in [1.29, 1.82) is 0 Å². The van der Waals surface area contributed by atoms with Gasteiger partial charge in [0.2, 0.25) is 5.91 Å². The van der Waals surface area contributed by atoms with E-state index in [4.69, 9.17) is 5.11 Å². The summed E-state index contributed by atoms with van der Waals surface area (Å²) < 4.78 is 0. The van der Waals surface area contributed by atoms with Crippen molar-refractivity contribution < 1.29 is 9.90 Å². The van der Waals surface area contributed by atoms with Gasteiger partial charge in [-0.1, -0.05) is 39.0 Å². The summed E-state index contributed by atoms with van der Waals surface area (Å²) in [6, 6.07) is 0. The van der Waals surface area contributed by atoms with Crippen LogP contribution in [-0.2, 0) is 4.79 Å². The number of nitrogens with zero attached hydrogens (tertiary/aromatic N) is 1. The van der Waals surface area contributed by atoms with E-state index in [0.717, 1.165) is 6.42 Å². The second-order valence-electron chi connectivity index (χ2n) is 4.41. The van der Waals surface area contributed by atoms with Gasteiger partial charge in [-0.25, -0.2) is 0 Å². The van der Waals surface area contributed by atoms with Crippen LogP contribution in [0.1, 0.15) is 58.3 Å². The fourth-order valence-electron chi connectivity index (χ4n) is 1.68. The van der Waals surface area contributed by atoms with Crippen molar-refractivity contribution in [2.24, 2.45) is 0 Å². The Morgan fingerprint density at radius 2 is 1.69 bits per heavy atom. The first-order valence-electron chi connectivity index (χ1n) is 6.57. The van der Waals surface area contributed by atoms with Crippen molar-refractivity contribution in [3.63, 3.8) is 0 Å². The highest BCUT2D eigenvalue weighted by Crippen LogP contribution is 2.07. The molecule has 0 saturated heterocycles. The Labute approximate surface area is 99.8 Å². The lowest BCUT2D eigenvalue weighted by molar-refractivity contribution is -0.130. The van der Waals surface area contributed by atoms with Gasteiger partial charge in [0.15, 0.2) is 0 Å². The minimum Gasteiger partial charge on any atom is -0.396 e. The zero-order chi connectivity index (χ0) is 12.2. The smallest absolute Gasteiger partial charge is 0.222 e. The molecule has 96 valence electrons. The Kier molecular flexibility index (Phi) is 10.5. The monoisotopic (exact) mass is 229 g/mol. The van der Waals surface area contributed by atoms with E-state index in [-0.39, 0.29) is 12.5 Å². The molecule has 0 aliphatic carbocycles. The first kappa shape index (κ1) is 15.4. The van der Waals surface area contributed by atoms with Crippen LogP contribution in [0.25, 0.3) is 0 Å². The Bertz CT molecular complexity index is 171. The molecule has 1 N–H and O–H groups in total. The van der Waals surface area contributed by atoms with E-state index in [1.54, 1.807) is 4.90 Å². The van der Waals surface area contributed by atoms with Crippen LogP contribution in [-0.4, -0.2) is 36.1 Å². The van der Waals surface area contributed by atoms with Gasteiger partial charge in [0, 0.05) is 26.6 Å². The van der Waals surface area contributed by atoms with Gasteiger partial charge in [-0.15, -0.1) is 0 Å². The van der Waals surface area contributed by atoms with E-state index in [9.17, 15) is 4.79 Å². The number of aliphatic hydroxyl groups excluding tert-OH is 1. The molecule has 16 heavy (non-hydrogen) atoms. The first-order chi connectivity index (χ1) is 7.72. The molecule has 3 heteroatoms. The average molecular weight is 229 g/mol. The average Bonchev–Trinajstić information content (AvgIpc) is 2.30. The minimum absolute atomic E-state index is 0.161. The summed E-state index contributed by atoms with van der Waals surface area (Å²) in [4.78, 5) is 13.3. The minimum atomic E-state index is 0.161. The SMILES string of the molecule is CCCCCCCCC(=O)N(C)CCCO. The topological polar surface area (TPSA) is 40.5 Å². The predicted octanol–water partition coefficient (Wildman–Crippen LogP) is 2.58. The van der Waals surface area contributed by atoms with Gasteiger partial charge in [-0.05, 0) is 12.8 Å². The van der Waals surface area contributed by atoms with Crippen molar-refractivity contribution in [2.75, 3.05) is 20.2 Å². The van der Waals surface area contributed by atoms with E-state index < -0.39 is 0 Å². The number of aliphatic hydroxyl groups is 1. The Morgan fingerprint density at radius 1 is 1.06 bits per heavy atom. The summed E-state index contributed by atoms with van der Waals surface area (Å²) in [5.41, 5.74) is 0. The molecule has 0 aromatic rings. The van der Waals surface area contributed by atoms with Gasteiger partial charge in [0.25, 0.3) is 0 Å². The molecule has 0 rings (SSSR count). The number of carbonyl (C=O) groups is 1. The normalized spacial score (nSPS) is 10.4. The third-order valence-corrected chi connectivity index (χ3v) is 2.82. The van der Waals surface area contributed by atoms with Crippen molar-refractivity contribution in [3.8, 4) is 0 Å². The van der Waals surface area contributed by atoms with Crippen LogP contribution in [0.5, 0.6) is 0 Å². The Morgan fingerprint density at radius 3 is 2.31 bits per heavy atom. The lowest BCUT2D eigenvalue weighted by atomic mass is 10.1. The first-order valence-corrected chi connectivity index (χ1v) is 6.57. The molecule has 0 aliphatic rings. The highest BCUT2D eigenvalue weighted by Gasteiger charge is 2.06. The quantitative estimate of drug-likeness (QED) is 0.585. The van der Waals surface area contributed by atoms with Crippen molar-refractivity contribution in [1.82, 2.24) is 4.90 Å². The lowest BCUT2D eigenvalue weighted by Crippen LogP contribution is -2.27. The molecule has 0 bridgehead atoms. The fraction of sp³-hybridized carbons (Fsp3) is 0.923. The van der Waals surface area contributed by atoms with Gasteiger partial charge in [0.1, 0.15) is 0 Å². The largest absolute Gasteiger partial charge is 0.396 e. The number of hydrogen-bond acceptors (Lipinski definition) is 2. The highest BCUT2D eigenvalue weighted by atomic mass is 16.3. The van der Waals surface area contributed by atoms with Crippen LogP contribution in [0.3, 0.4) is 0 Å². The van der Waals surface area contributed by atoms with E-state index in [1.807, 2.05) is 7.05 Å². The zero-order valence-electron chi connectivity index (χ0n) is 10.9. The van der Waals surface area contributed by atoms with E-state index in [2.05, 4.69) is 6.92 Å². The van der Waals surface area contributed by atoms with Crippen LogP contribution in [0, 0.1) is 0 Å². The number of hydrogen-bond donors (Lipinski definition) is 1. The van der Waals surface area contributed by atoms with Gasteiger partial charge >= 0.3 is 0 Å². The van der Waals surface area contributed by atoms with E-state index in [1.165, 1.54) is 32.1 Å². The molecule has 0 radical (unpaired) electrons. The molecule has 0 fully saturated rings. The van der Waals surface area contributed by atoms with E-state index in [0.29, 0.717) is 19.4 Å². The Balaban J connectivity index is 3.35. The molecular weight excluding hydrogens is 202 g/mol. The van der Waals surface area contributed by atoms with Crippen LogP contribution in [0.15, 0.2) is 0 Å².